The van der Waals surface area contributed by atoms with Crippen molar-refractivity contribution in [1.82, 2.24) is 34.7 Å². The second-order valence-electron chi connectivity index (χ2n) is 20.1. The molecule has 3 aromatic rings. The standard InChI is InChI=1S/C45H65F2N7O3/c1-6-7-18-52(25-44(55,26-53-28-48-27-49-53)37-11-9-32(46)20-39(37)47)22-33-23-54(51-50-33)34-13-15-42(4)31(19-34)8-10-35-36(42)14-16-43(5)38(35)21-40-41(43)30(3)45(57-40)17-12-29(2)24-56-45/h9,11,20,23,27-31,34-36,38,40-41,55H,6-8,10,12-19,21-22,24-26H2,1-5H3/t29-,30+,31?,34-,35-,36+,38+,40+,41+,42+,43+,44?,45-/m1/s1. The van der Waals surface area contributed by atoms with E-state index in [-0.39, 0.29) is 24.4 Å². The van der Waals surface area contributed by atoms with E-state index in [0.29, 0.717) is 59.7 Å². The summed E-state index contributed by atoms with van der Waals surface area (Å²) >= 11 is 0. The molecule has 4 saturated carbocycles. The van der Waals surface area contributed by atoms with Gasteiger partial charge in [-0.1, -0.05) is 52.3 Å². The molecule has 57 heavy (non-hydrogen) atoms. The second kappa shape index (κ2) is 15.0. The highest BCUT2D eigenvalue weighted by molar-refractivity contribution is 5.26. The quantitative estimate of drug-likeness (QED) is 0.207. The van der Waals surface area contributed by atoms with Crippen LogP contribution in [0.25, 0.3) is 0 Å². The summed E-state index contributed by atoms with van der Waals surface area (Å²) in [6.07, 6.45) is 19.4. The number of hydrogen-bond acceptors (Lipinski definition) is 8. The highest BCUT2D eigenvalue weighted by Crippen LogP contribution is 2.71. The van der Waals surface area contributed by atoms with Crippen LogP contribution in [-0.4, -0.2) is 71.4 Å². The molecule has 6 fully saturated rings. The van der Waals surface area contributed by atoms with Gasteiger partial charge < -0.3 is 14.6 Å². The fourth-order valence-electron chi connectivity index (χ4n) is 13.9. The Kier molecular flexibility index (Phi) is 10.5. The minimum absolute atomic E-state index is 0.0297. The fraction of sp³-hybridized carbons (Fsp3) is 0.778. The Balaban J connectivity index is 0.869. The van der Waals surface area contributed by atoms with Crippen molar-refractivity contribution in [3.8, 4) is 0 Å². The largest absolute Gasteiger partial charge is 0.382 e. The van der Waals surface area contributed by atoms with E-state index in [4.69, 9.17) is 14.7 Å². The number of aromatic nitrogens is 6. The third-order valence-corrected chi connectivity index (χ3v) is 16.9. The van der Waals surface area contributed by atoms with Gasteiger partial charge in [0.2, 0.25) is 0 Å². The van der Waals surface area contributed by atoms with Gasteiger partial charge >= 0.3 is 0 Å². The number of rotatable bonds is 11. The summed E-state index contributed by atoms with van der Waals surface area (Å²) in [5, 5.41) is 25.7. The predicted octanol–water partition coefficient (Wildman–Crippen LogP) is 8.33. The lowest BCUT2D eigenvalue weighted by molar-refractivity contribution is -0.273. The van der Waals surface area contributed by atoms with E-state index < -0.39 is 17.2 Å². The van der Waals surface area contributed by atoms with E-state index in [1.165, 1.54) is 74.4 Å². The van der Waals surface area contributed by atoms with Crippen LogP contribution < -0.4 is 0 Å². The van der Waals surface area contributed by atoms with Crippen molar-refractivity contribution in [3.05, 3.63) is 59.9 Å². The average Bonchev–Trinajstić information content (AvgIpc) is 3.97. The molecule has 4 heterocycles. The zero-order valence-electron chi connectivity index (χ0n) is 34.8. The number of nitrogens with zero attached hydrogens (tertiary/aromatic N) is 7. The van der Waals surface area contributed by atoms with Crippen molar-refractivity contribution in [3.63, 3.8) is 0 Å². The first-order chi connectivity index (χ1) is 27.3. The normalized spacial score (nSPS) is 39.8. The third kappa shape index (κ3) is 6.90. The molecule has 1 N–H and O–H groups in total. The molecule has 6 aliphatic rings. The highest BCUT2D eigenvalue weighted by Gasteiger charge is 2.69. The molecule has 312 valence electrons. The molecule has 9 rings (SSSR count). The maximum atomic E-state index is 15.3. The third-order valence-electron chi connectivity index (χ3n) is 16.9. The van der Waals surface area contributed by atoms with Gasteiger partial charge in [0, 0.05) is 37.1 Å². The molecule has 1 aromatic carbocycles. The van der Waals surface area contributed by atoms with Crippen molar-refractivity contribution in [2.24, 2.45) is 52.3 Å². The van der Waals surface area contributed by atoms with Crippen LogP contribution in [0.15, 0.2) is 37.1 Å². The van der Waals surface area contributed by atoms with Gasteiger partial charge in [0.15, 0.2) is 5.79 Å². The first kappa shape index (κ1) is 39.6. The number of benzene rings is 1. The van der Waals surface area contributed by atoms with Crippen LogP contribution in [0, 0.1) is 63.9 Å². The Hall–Kier alpha value is -2.80. The van der Waals surface area contributed by atoms with Crippen LogP contribution in [0.2, 0.25) is 0 Å². The summed E-state index contributed by atoms with van der Waals surface area (Å²) < 4.78 is 46.4. The number of halogens is 2. The van der Waals surface area contributed by atoms with Crippen LogP contribution in [0.1, 0.15) is 129 Å². The molecular formula is C45H65F2N7O3. The maximum absolute atomic E-state index is 15.3. The Morgan fingerprint density at radius 3 is 2.61 bits per heavy atom. The molecule has 0 radical (unpaired) electrons. The van der Waals surface area contributed by atoms with Crippen molar-refractivity contribution in [2.45, 2.75) is 148 Å². The topological polar surface area (TPSA) is 103 Å². The van der Waals surface area contributed by atoms with Crippen molar-refractivity contribution >= 4 is 0 Å². The Morgan fingerprint density at radius 1 is 1.02 bits per heavy atom. The van der Waals surface area contributed by atoms with Crippen molar-refractivity contribution in [2.75, 3.05) is 19.7 Å². The zero-order chi connectivity index (χ0) is 39.7. The Morgan fingerprint density at radius 2 is 1.86 bits per heavy atom. The summed E-state index contributed by atoms with van der Waals surface area (Å²) in [5.74, 6) is 2.83. The first-order valence-electron chi connectivity index (χ1n) is 22.3. The molecular weight excluding hydrogens is 725 g/mol. The molecule has 13 atom stereocenters. The SMILES string of the molecule is CCCCN(Cc1cn([C@@H]2CC[C@@]3(C)C(CC[C@H]4[C@@H]5C[C@@H]6O[C@]7(CC[C@@H](C)CO7)[C@@H](C)[C@@H]6[C@@]5(C)CC[C@@H]43)C2)nn1)CC(O)(Cn1cncn1)c1ccc(F)cc1F. The first-order valence-corrected chi connectivity index (χ1v) is 22.3. The average molecular weight is 790 g/mol. The van der Waals surface area contributed by atoms with E-state index in [0.717, 1.165) is 68.2 Å². The molecule has 2 aromatic heterocycles. The van der Waals surface area contributed by atoms with E-state index in [1.54, 1.807) is 0 Å². The van der Waals surface area contributed by atoms with Crippen LogP contribution in [-0.2, 0) is 28.2 Å². The lowest BCUT2D eigenvalue weighted by Gasteiger charge is -2.61. The van der Waals surface area contributed by atoms with Gasteiger partial charge in [-0.05, 0) is 123 Å². The molecule has 0 amide bonds. The number of hydrogen-bond donors (Lipinski definition) is 1. The van der Waals surface area contributed by atoms with Crippen molar-refractivity contribution < 1.29 is 23.4 Å². The summed E-state index contributed by atoms with van der Waals surface area (Å²) in [4.78, 5) is 6.13. The molecule has 1 spiro atoms. The highest BCUT2D eigenvalue weighted by atomic mass is 19.1. The molecule has 12 heteroatoms. The molecule has 2 aliphatic heterocycles. The van der Waals surface area contributed by atoms with Gasteiger partial charge in [0.1, 0.15) is 29.9 Å². The molecule has 0 bridgehead atoms. The van der Waals surface area contributed by atoms with Crippen LogP contribution in [0.5, 0.6) is 0 Å². The Labute approximate surface area is 337 Å². The van der Waals surface area contributed by atoms with E-state index >= 15 is 4.39 Å². The van der Waals surface area contributed by atoms with Crippen LogP contribution in [0.3, 0.4) is 0 Å². The van der Waals surface area contributed by atoms with E-state index in [9.17, 15) is 9.50 Å². The molecule has 2 saturated heterocycles. The molecule has 2 unspecified atom stereocenters. The molecule has 10 nitrogen and oxygen atoms in total. The van der Waals surface area contributed by atoms with Gasteiger partial charge in [0.05, 0.1) is 37.2 Å². The Bertz CT molecular complexity index is 1870. The predicted molar refractivity (Wildman–Crippen MR) is 211 cm³/mol. The smallest absolute Gasteiger partial charge is 0.171 e. The van der Waals surface area contributed by atoms with Crippen LogP contribution >= 0.6 is 0 Å². The molecule has 4 aliphatic carbocycles. The lowest BCUT2D eigenvalue weighted by Crippen LogP contribution is -2.54. The summed E-state index contributed by atoms with van der Waals surface area (Å²) in [7, 11) is 0. The minimum atomic E-state index is -1.69. The summed E-state index contributed by atoms with van der Waals surface area (Å²) in [6.45, 7) is 14.2. The minimum Gasteiger partial charge on any atom is -0.382 e. The number of ether oxygens (including phenoxy) is 2. The van der Waals surface area contributed by atoms with E-state index in [1.807, 2.05) is 0 Å². The number of aliphatic hydroxyl groups is 1. The van der Waals surface area contributed by atoms with Gasteiger partial charge in [-0.15, -0.1) is 5.10 Å². The van der Waals surface area contributed by atoms with Crippen molar-refractivity contribution in [1.29, 1.82) is 0 Å². The zero-order valence-corrected chi connectivity index (χ0v) is 34.8. The van der Waals surface area contributed by atoms with Gasteiger partial charge in [0.25, 0.3) is 0 Å². The van der Waals surface area contributed by atoms with E-state index in [2.05, 4.69) is 65.6 Å². The number of fused-ring (bicyclic) bond motifs is 7. The summed E-state index contributed by atoms with van der Waals surface area (Å²) in [6, 6.07) is 3.66. The monoisotopic (exact) mass is 790 g/mol. The van der Waals surface area contributed by atoms with Gasteiger partial charge in [-0.2, -0.15) is 5.10 Å². The lowest BCUT2D eigenvalue weighted by atomic mass is 9.44. The fourth-order valence-corrected chi connectivity index (χ4v) is 13.9. The summed E-state index contributed by atoms with van der Waals surface area (Å²) in [5.41, 5.74) is -0.146. The number of unbranched alkanes of at least 4 members (excludes halogenated alkanes) is 1. The maximum Gasteiger partial charge on any atom is 0.171 e. The van der Waals surface area contributed by atoms with Crippen LogP contribution in [0.4, 0.5) is 8.78 Å². The van der Waals surface area contributed by atoms with Gasteiger partial charge in [-0.3, -0.25) is 4.90 Å². The second-order valence-corrected chi connectivity index (χ2v) is 20.1. The van der Waals surface area contributed by atoms with Gasteiger partial charge in [-0.25, -0.2) is 23.1 Å².